The first-order valence-corrected chi connectivity index (χ1v) is 13.6. The molecule has 44 heavy (non-hydrogen) atoms. The van der Waals surface area contributed by atoms with Crippen molar-refractivity contribution in [3.63, 3.8) is 0 Å². The van der Waals surface area contributed by atoms with Crippen LogP contribution in [0.25, 0.3) is 10.8 Å². The molecular formula is C31H31NO12. The highest BCUT2D eigenvalue weighted by molar-refractivity contribution is 6.00. The second kappa shape index (κ2) is 14.0. The lowest BCUT2D eigenvalue weighted by Gasteiger charge is -2.43. The number of phenols is 1. The lowest BCUT2D eigenvalue weighted by Crippen LogP contribution is -2.63. The Kier molecular flexibility index (Phi) is 10.1. The Labute approximate surface area is 252 Å². The van der Waals surface area contributed by atoms with E-state index >= 15 is 0 Å². The smallest absolute Gasteiger partial charge is 0.303 e. The second-order valence-electron chi connectivity index (χ2n) is 9.99. The molecule has 1 fully saturated rings. The molecular weight excluding hydrogens is 578 g/mol. The number of carbonyl (C=O) groups excluding carboxylic acids is 5. The number of carbonyl (C=O) groups is 5. The second-order valence-corrected chi connectivity index (χ2v) is 9.99. The van der Waals surface area contributed by atoms with Crippen molar-refractivity contribution in [3.8, 4) is 11.5 Å². The number of aromatic nitrogens is 1. The number of benzene rings is 2. The van der Waals surface area contributed by atoms with Gasteiger partial charge >= 0.3 is 23.9 Å². The molecule has 232 valence electrons. The first-order chi connectivity index (χ1) is 20.9. The van der Waals surface area contributed by atoms with E-state index in [1.165, 1.54) is 12.1 Å². The van der Waals surface area contributed by atoms with Crippen molar-refractivity contribution in [3.05, 3.63) is 66.0 Å². The van der Waals surface area contributed by atoms with Crippen molar-refractivity contribution >= 4 is 40.4 Å². The van der Waals surface area contributed by atoms with Crippen LogP contribution in [0.4, 0.5) is 0 Å². The predicted molar refractivity (Wildman–Crippen MR) is 150 cm³/mol. The standard InChI is InChI=1S/C31H31NO12/c1-16(33)39-15-27-28(40-17(2)34)29(41-18(3)35)30(42-19(4)36)31(44-27)43-23-9-10-24(26(38)13-23)25(37)12-22-11-20-7-5-6-8-21(20)14-32-22/h5-11,13-14,27-31,38H,12,15H2,1-4H3. The van der Waals surface area contributed by atoms with Gasteiger partial charge < -0.3 is 33.5 Å². The summed E-state index contributed by atoms with van der Waals surface area (Å²) in [6.45, 7) is 4.04. The van der Waals surface area contributed by atoms with Gasteiger partial charge in [-0.15, -0.1) is 0 Å². The largest absolute Gasteiger partial charge is 0.507 e. The third-order valence-corrected chi connectivity index (χ3v) is 6.50. The Morgan fingerprint density at radius 3 is 2.07 bits per heavy atom. The number of ether oxygens (including phenoxy) is 6. The van der Waals surface area contributed by atoms with Gasteiger partial charge in [-0.1, -0.05) is 24.3 Å². The first kappa shape index (κ1) is 31.9. The van der Waals surface area contributed by atoms with Crippen LogP contribution in [0, 0.1) is 0 Å². The summed E-state index contributed by atoms with van der Waals surface area (Å²) in [7, 11) is 0. The first-order valence-electron chi connectivity index (χ1n) is 13.6. The molecule has 1 N–H and O–H groups in total. The number of Topliss-reactive ketones (excluding diaryl/α,β-unsaturated/α-hetero) is 1. The summed E-state index contributed by atoms with van der Waals surface area (Å²) in [6, 6.07) is 13.3. The minimum absolute atomic E-state index is 0.00820. The zero-order chi connectivity index (χ0) is 32.0. The fourth-order valence-corrected chi connectivity index (χ4v) is 4.72. The maximum absolute atomic E-state index is 13.0. The molecule has 2 heterocycles. The van der Waals surface area contributed by atoms with E-state index in [9.17, 15) is 29.1 Å². The summed E-state index contributed by atoms with van der Waals surface area (Å²) < 4.78 is 33.0. The van der Waals surface area contributed by atoms with Crippen LogP contribution in [0.15, 0.2) is 54.7 Å². The van der Waals surface area contributed by atoms with Crippen LogP contribution in [0.2, 0.25) is 0 Å². The molecule has 0 aliphatic carbocycles. The van der Waals surface area contributed by atoms with E-state index in [2.05, 4.69) is 4.98 Å². The molecule has 1 aromatic heterocycles. The van der Waals surface area contributed by atoms with E-state index in [1.54, 1.807) is 12.3 Å². The summed E-state index contributed by atoms with van der Waals surface area (Å²) >= 11 is 0. The Hall–Kier alpha value is -5.04. The van der Waals surface area contributed by atoms with Crippen molar-refractivity contribution < 1.29 is 57.5 Å². The SMILES string of the molecule is CC(=O)OCC1OC(Oc2ccc(C(=O)Cc3cc4ccccc4cn3)c(O)c2)C(OC(C)=O)C(OC(C)=O)C1OC(C)=O. The van der Waals surface area contributed by atoms with E-state index in [0.717, 1.165) is 44.5 Å². The van der Waals surface area contributed by atoms with Gasteiger partial charge in [0.2, 0.25) is 12.4 Å². The van der Waals surface area contributed by atoms with Gasteiger partial charge in [0, 0.05) is 51.0 Å². The van der Waals surface area contributed by atoms with Crippen molar-refractivity contribution in [2.45, 2.75) is 64.8 Å². The minimum Gasteiger partial charge on any atom is -0.507 e. The third kappa shape index (κ3) is 8.07. The van der Waals surface area contributed by atoms with Crippen molar-refractivity contribution in [1.82, 2.24) is 4.98 Å². The topological polar surface area (TPSA) is 174 Å². The van der Waals surface area contributed by atoms with Gasteiger partial charge in [0.1, 0.15) is 24.2 Å². The van der Waals surface area contributed by atoms with Crippen LogP contribution in [0.1, 0.15) is 43.7 Å². The number of esters is 4. The Morgan fingerprint density at radius 2 is 1.43 bits per heavy atom. The highest BCUT2D eigenvalue weighted by Gasteiger charge is 2.53. The van der Waals surface area contributed by atoms with Gasteiger partial charge in [-0.25, -0.2) is 0 Å². The van der Waals surface area contributed by atoms with Gasteiger partial charge in [-0.2, -0.15) is 0 Å². The summed E-state index contributed by atoms with van der Waals surface area (Å²) in [5.74, 6) is -3.84. The van der Waals surface area contributed by atoms with Crippen LogP contribution in [0.5, 0.6) is 11.5 Å². The van der Waals surface area contributed by atoms with Crippen molar-refractivity contribution in [2.24, 2.45) is 0 Å². The highest BCUT2D eigenvalue weighted by Crippen LogP contribution is 2.33. The molecule has 1 saturated heterocycles. The molecule has 4 rings (SSSR count). The normalized spacial score (nSPS) is 21.1. The van der Waals surface area contributed by atoms with Gasteiger partial charge in [-0.3, -0.25) is 29.0 Å². The molecule has 0 radical (unpaired) electrons. The number of nitrogens with zero attached hydrogens (tertiary/aromatic N) is 1. The summed E-state index contributed by atoms with van der Waals surface area (Å²) in [4.78, 5) is 64.8. The van der Waals surface area contributed by atoms with E-state index < -0.39 is 72.7 Å². The monoisotopic (exact) mass is 609 g/mol. The van der Waals surface area contributed by atoms with Gasteiger partial charge in [-0.05, 0) is 23.6 Å². The fourth-order valence-electron chi connectivity index (χ4n) is 4.72. The molecule has 2 aromatic carbocycles. The zero-order valence-electron chi connectivity index (χ0n) is 24.4. The molecule has 1 aliphatic heterocycles. The van der Waals surface area contributed by atoms with Crippen molar-refractivity contribution in [1.29, 1.82) is 0 Å². The number of hydrogen-bond acceptors (Lipinski definition) is 13. The summed E-state index contributed by atoms with van der Waals surface area (Å²) in [5.41, 5.74) is 0.528. The number of rotatable bonds is 10. The molecule has 0 spiro atoms. The van der Waals surface area contributed by atoms with Crippen LogP contribution in [0.3, 0.4) is 0 Å². The van der Waals surface area contributed by atoms with E-state index in [4.69, 9.17) is 28.4 Å². The van der Waals surface area contributed by atoms with Gasteiger partial charge in [0.15, 0.2) is 18.0 Å². The lowest BCUT2D eigenvalue weighted by atomic mass is 9.98. The molecule has 0 saturated carbocycles. The molecule has 0 bridgehead atoms. The zero-order valence-corrected chi connectivity index (χ0v) is 24.4. The quantitative estimate of drug-likeness (QED) is 0.202. The number of aromatic hydroxyl groups is 1. The molecule has 5 atom stereocenters. The Morgan fingerprint density at radius 1 is 0.795 bits per heavy atom. The maximum Gasteiger partial charge on any atom is 0.303 e. The van der Waals surface area contributed by atoms with Crippen molar-refractivity contribution in [2.75, 3.05) is 6.61 Å². The Balaban J connectivity index is 1.59. The van der Waals surface area contributed by atoms with Gasteiger partial charge in [0.25, 0.3) is 0 Å². The summed E-state index contributed by atoms with van der Waals surface area (Å²) in [5, 5.41) is 12.6. The Bertz CT molecular complexity index is 1570. The molecule has 0 amide bonds. The van der Waals surface area contributed by atoms with Crippen LogP contribution < -0.4 is 4.74 Å². The average Bonchev–Trinajstić information content (AvgIpc) is 2.94. The third-order valence-electron chi connectivity index (χ3n) is 6.50. The molecule has 1 aliphatic rings. The van der Waals surface area contributed by atoms with Crippen LogP contribution in [-0.4, -0.2) is 77.1 Å². The minimum atomic E-state index is -1.50. The number of fused-ring (bicyclic) bond motifs is 1. The molecule has 3 aromatic rings. The average molecular weight is 610 g/mol. The van der Waals surface area contributed by atoms with E-state index in [0.29, 0.717) is 5.69 Å². The van der Waals surface area contributed by atoms with Crippen LogP contribution >= 0.6 is 0 Å². The number of ketones is 1. The van der Waals surface area contributed by atoms with Gasteiger partial charge in [0.05, 0.1) is 12.0 Å². The lowest BCUT2D eigenvalue weighted by molar-refractivity contribution is -0.288. The summed E-state index contributed by atoms with van der Waals surface area (Å²) in [6.07, 6.45) is -5.36. The van der Waals surface area contributed by atoms with E-state index in [-0.39, 0.29) is 17.7 Å². The number of hydrogen-bond donors (Lipinski definition) is 1. The fraction of sp³-hybridized carbons (Fsp3) is 0.355. The highest BCUT2D eigenvalue weighted by atomic mass is 16.7. The van der Waals surface area contributed by atoms with Crippen LogP contribution in [-0.2, 0) is 49.3 Å². The molecule has 13 heteroatoms. The maximum atomic E-state index is 13.0. The number of phenolic OH excluding ortho intramolecular Hbond substituents is 1. The number of pyridine rings is 1. The molecule has 13 nitrogen and oxygen atoms in total. The predicted octanol–water partition coefficient (Wildman–Crippen LogP) is 2.83. The molecule has 5 unspecified atom stereocenters. The van der Waals surface area contributed by atoms with E-state index in [1.807, 2.05) is 24.3 Å².